The van der Waals surface area contributed by atoms with Crippen LogP contribution in [0.3, 0.4) is 0 Å². The molecule has 0 aromatic heterocycles. The molecule has 1 aromatic rings. The van der Waals surface area contributed by atoms with Crippen LogP contribution in [0.4, 0.5) is 9.18 Å². The van der Waals surface area contributed by atoms with E-state index in [0.717, 1.165) is 18.4 Å². The van der Waals surface area contributed by atoms with Crippen molar-refractivity contribution < 1.29 is 9.18 Å². The van der Waals surface area contributed by atoms with Crippen molar-refractivity contribution in [1.82, 2.24) is 10.2 Å². The smallest absolute Gasteiger partial charge is 0.317 e. The zero-order valence-corrected chi connectivity index (χ0v) is 11.6. The molecule has 1 saturated carbocycles. The molecule has 0 unspecified atom stereocenters. The predicted molar refractivity (Wildman–Crippen MR) is 73.6 cm³/mol. The molecule has 0 bridgehead atoms. The number of urea groups is 1. The van der Waals surface area contributed by atoms with Crippen molar-refractivity contribution in [2.24, 2.45) is 0 Å². The highest BCUT2D eigenvalue weighted by molar-refractivity contribution is 5.74. The molecule has 1 aromatic carbocycles. The van der Waals surface area contributed by atoms with E-state index in [0.29, 0.717) is 19.6 Å². The lowest BCUT2D eigenvalue weighted by molar-refractivity contribution is 0.202. The number of nitrogens with zero attached hydrogens (tertiary/aromatic N) is 1. The molecule has 4 heteroatoms. The van der Waals surface area contributed by atoms with Gasteiger partial charge in [0, 0.05) is 25.0 Å². The number of rotatable bonds is 5. The Hall–Kier alpha value is -1.58. The SMILES string of the molecule is CCN(CC)C(=O)NCC1(c2ccc(F)cc2)CC1. The Kier molecular flexibility index (Phi) is 4.08. The summed E-state index contributed by atoms with van der Waals surface area (Å²) in [6.45, 7) is 6.00. The van der Waals surface area contributed by atoms with E-state index in [-0.39, 0.29) is 17.3 Å². The second kappa shape index (κ2) is 5.59. The summed E-state index contributed by atoms with van der Waals surface area (Å²) in [5.41, 5.74) is 1.14. The first-order valence-electron chi connectivity index (χ1n) is 6.90. The van der Waals surface area contributed by atoms with E-state index in [1.54, 1.807) is 4.90 Å². The molecule has 104 valence electrons. The third kappa shape index (κ3) is 3.06. The van der Waals surface area contributed by atoms with E-state index in [1.165, 1.54) is 12.1 Å². The molecule has 19 heavy (non-hydrogen) atoms. The van der Waals surface area contributed by atoms with Gasteiger partial charge < -0.3 is 10.2 Å². The maximum absolute atomic E-state index is 12.9. The van der Waals surface area contributed by atoms with E-state index in [1.807, 2.05) is 26.0 Å². The van der Waals surface area contributed by atoms with Crippen LogP contribution in [0.25, 0.3) is 0 Å². The third-order valence-electron chi connectivity index (χ3n) is 3.94. The molecule has 2 rings (SSSR count). The average molecular weight is 264 g/mol. The number of carbonyl (C=O) groups excluding carboxylic acids is 1. The van der Waals surface area contributed by atoms with Crippen LogP contribution >= 0.6 is 0 Å². The quantitative estimate of drug-likeness (QED) is 0.871. The van der Waals surface area contributed by atoms with Crippen LogP contribution in [0, 0.1) is 5.82 Å². The monoisotopic (exact) mass is 264 g/mol. The number of nitrogens with one attached hydrogen (secondary N) is 1. The minimum Gasteiger partial charge on any atom is -0.337 e. The molecule has 3 nitrogen and oxygen atoms in total. The number of carbonyl (C=O) groups is 1. The molecular weight excluding hydrogens is 243 g/mol. The van der Waals surface area contributed by atoms with Crippen LogP contribution in [-0.2, 0) is 5.41 Å². The molecule has 0 radical (unpaired) electrons. The van der Waals surface area contributed by atoms with E-state index < -0.39 is 0 Å². The van der Waals surface area contributed by atoms with E-state index in [9.17, 15) is 9.18 Å². The molecule has 0 aliphatic heterocycles. The van der Waals surface area contributed by atoms with Crippen molar-refractivity contribution in [3.8, 4) is 0 Å². The largest absolute Gasteiger partial charge is 0.337 e. The molecule has 1 aliphatic rings. The third-order valence-corrected chi connectivity index (χ3v) is 3.94. The summed E-state index contributed by atoms with van der Waals surface area (Å²) >= 11 is 0. The minimum atomic E-state index is -0.216. The summed E-state index contributed by atoms with van der Waals surface area (Å²) in [5.74, 6) is -0.216. The van der Waals surface area contributed by atoms with Crippen molar-refractivity contribution in [2.45, 2.75) is 32.1 Å². The van der Waals surface area contributed by atoms with Gasteiger partial charge in [-0.2, -0.15) is 0 Å². The Morgan fingerprint density at radius 1 is 1.26 bits per heavy atom. The van der Waals surface area contributed by atoms with Gasteiger partial charge >= 0.3 is 6.03 Å². The Morgan fingerprint density at radius 2 is 1.84 bits per heavy atom. The Morgan fingerprint density at radius 3 is 2.32 bits per heavy atom. The van der Waals surface area contributed by atoms with Crippen LogP contribution in [0.1, 0.15) is 32.3 Å². The van der Waals surface area contributed by atoms with Crippen LogP contribution < -0.4 is 5.32 Å². The van der Waals surface area contributed by atoms with E-state index >= 15 is 0 Å². The maximum Gasteiger partial charge on any atom is 0.317 e. The van der Waals surface area contributed by atoms with Gasteiger partial charge in [0.05, 0.1) is 0 Å². The fourth-order valence-corrected chi connectivity index (χ4v) is 2.39. The Balaban J connectivity index is 1.95. The normalized spacial score (nSPS) is 15.9. The van der Waals surface area contributed by atoms with Crippen molar-refractivity contribution in [1.29, 1.82) is 0 Å². The molecule has 2 amide bonds. The lowest BCUT2D eigenvalue weighted by atomic mass is 9.96. The molecule has 0 heterocycles. The van der Waals surface area contributed by atoms with Crippen LogP contribution in [0.15, 0.2) is 24.3 Å². The highest BCUT2D eigenvalue weighted by Crippen LogP contribution is 2.47. The van der Waals surface area contributed by atoms with Crippen molar-refractivity contribution in [2.75, 3.05) is 19.6 Å². The second-order valence-electron chi connectivity index (χ2n) is 5.12. The van der Waals surface area contributed by atoms with Gasteiger partial charge in [0.15, 0.2) is 0 Å². The Bertz CT molecular complexity index is 436. The highest BCUT2D eigenvalue weighted by Gasteiger charge is 2.44. The number of amides is 2. The van der Waals surface area contributed by atoms with Crippen molar-refractivity contribution >= 4 is 6.03 Å². The highest BCUT2D eigenvalue weighted by atomic mass is 19.1. The maximum atomic E-state index is 12.9. The van der Waals surface area contributed by atoms with Gasteiger partial charge in [-0.25, -0.2) is 9.18 Å². The van der Waals surface area contributed by atoms with Crippen LogP contribution in [0.5, 0.6) is 0 Å². The average Bonchev–Trinajstić information content (AvgIpc) is 3.20. The Labute approximate surface area is 113 Å². The fraction of sp³-hybridized carbons (Fsp3) is 0.533. The van der Waals surface area contributed by atoms with Crippen molar-refractivity contribution in [3.05, 3.63) is 35.6 Å². The summed E-state index contributed by atoms with van der Waals surface area (Å²) in [6, 6.07) is 6.61. The summed E-state index contributed by atoms with van der Waals surface area (Å²) in [4.78, 5) is 13.7. The van der Waals surface area contributed by atoms with Gasteiger partial charge in [-0.15, -0.1) is 0 Å². The number of hydrogen-bond acceptors (Lipinski definition) is 1. The summed E-state index contributed by atoms with van der Waals surface area (Å²) in [6.07, 6.45) is 2.11. The predicted octanol–water partition coefficient (Wildman–Crippen LogP) is 2.91. The van der Waals surface area contributed by atoms with Gasteiger partial charge in [0.25, 0.3) is 0 Å². The van der Waals surface area contributed by atoms with E-state index in [2.05, 4.69) is 5.32 Å². The lowest BCUT2D eigenvalue weighted by Crippen LogP contribution is -2.42. The molecular formula is C15H21FN2O. The first-order chi connectivity index (χ1) is 9.11. The first-order valence-corrected chi connectivity index (χ1v) is 6.90. The van der Waals surface area contributed by atoms with Gasteiger partial charge in [-0.1, -0.05) is 12.1 Å². The number of benzene rings is 1. The van der Waals surface area contributed by atoms with Gasteiger partial charge in [0.2, 0.25) is 0 Å². The van der Waals surface area contributed by atoms with Crippen molar-refractivity contribution in [3.63, 3.8) is 0 Å². The summed E-state index contributed by atoms with van der Waals surface area (Å²) in [7, 11) is 0. The molecule has 0 saturated heterocycles. The summed E-state index contributed by atoms with van der Waals surface area (Å²) < 4.78 is 12.9. The zero-order valence-electron chi connectivity index (χ0n) is 11.6. The minimum absolute atomic E-state index is 0.0154. The van der Waals surface area contributed by atoms with E-state index in [4.69, 9.17) is 0 Å². The number of halogens is 1. The summed E-state index contributed by atoms with van der Waals surface area (Å²) in [5, 5.41) is 2.99. The van der Waals surface area contributed by atoms with Gasteiger partial charge in [-0.05, 0) is 44.4 Å². The fourth-order valence-electron chi connectivity index (χ4n) is 2.39. The molecule has 0 atom stereocenters. The number of hydrogen-bond donors (Lipinski definition) is 1. The first kappa shape index (κ1) is 13.8. The van der Waals surface area contributed by atoms with Crippen LogP contribution in [0.2, 0.25) is 0 Å². The standard InChI is InChI=1S/C15H21FN2O/c1-3-18(4-2)14(19)17-11-15(9-10-15)12-5-7-13(16)8-6-12/h5-8H,3-4,9-11H2,1-2H3,(H,17,19). The zero-order chi connectivity index (χ0) is 13.9. The topological polar surface area (TPSA) is 32.3 Å². The molecule has 1 aliphatic carbocycles. The molecule has 1 fully saturated rings. The molecule has 0 spiro atoms. The van der Waals surface area contributed by atoms with Crippen LogP contribution in [-0.4, -0.2) is 30.6 Å². The van der Waals surface area contributed by atoms with Gasteiger partial charge in [-0.3, -0.25) is 0 Å². The molecule has 1 N–H and O–H groups in total. The van der Waals surface area contributed by atoms with Gasteiger partial charge in [0.1, 0.15) is 5.82 Å². The second-order valence-corrected chi connectivity index (χ2v) is 5.12. The lowest BCUT2D eigenvalue weighted by Gasteiger charge is -2.22.